The molecule has 1 aromatic heterocycles. The first-order chi connectivity index (χ1) is 15.0. The van der Waals surface area contributed by atoms with Crippen LogP contribution in [0.1, 0.15) is 31.7 Å². The number of benzene rings is 1. The van der Waals surface area contributed by atoms with E-state index in [1.54, 1.807) is 16.2 Å². The third-order valence-electron chi connectivity index (χ3n) is 7.08. The Morgan fingerprint density at radius 2 is 1.71 bits per heavy atom. The van der Waals surface area contributed by atoms with Crippen LogP contribution in [0.25, 0.3) is 11.0 Å². The molecule has 9 heteroatoms. The maximum absolute atomic E-state index is 13.1. The molecule has 0 aliphatic carbocycles. The highest BCUT2D eigenvalue weighted by Gasteiger charge is 2.32. The van der Waals surface area contributed by atoms with E-state index in [-0.39, 0.29) is 18.0 Å². The molecule has 3 aliphatic rings. The SMILES string of the molecule is Cn1c(=O)n(C2CCC(=O)NC2=O)c2cccc(N3CCN(C4CCNCC4)CC3)c21. The summed E-state index contributed by atoms with van der Waals surface area (Å²) in [5.41, 5.74) is 2.42. The normalized spacial score (nSPS) is 24.0. The van der Waals surface area contributed by atoms with E-state index in [0.717, 1.165) is 56.0 Å². The minimum atomic E-state index is -0.652. The number of nitrogens with zero attached hydrogens (tertiary/aromatic N) is 4. The summed E-state index contributed by atoms with van der Waals surface area (Å²) in [5.74, 6) is -0.673. The van der Waals surface area contributed by atoms with Crippen molar-refractivity contribution in [2.75, 3.05) is 44.2 Å². The van der Waals surface area contributed by atoms with Crippen molar-refractivity contribution in [2.24, 2.45) is 7.05 Å². The lowest BCUT2D eigenvalue weighted by Gasteiger charge is -2.41. The molecule has 0 bridgehead atoms. The van der Waals surface area contributed by atoms with Crippen LogP contribution in [0.5, 0.6) is 0 Å². The van der Waals surface area contributed by atoms with Gasteiger partial charge in [0.15, 0.2) is 0 Å². The molecule has 3 saturated heterocycles. The summed E-state index contributed by atoms with van der Waals surface area (Å²) in [6.45, 7) is 6.06. The van der Waals surface area contributed by atoms with Gasteiger partial charge in [-0.3, -0.25) is 28.9 Å². The molecule has 1 aromatic carbocycles. The Morgan fingerprint density at radius 1 is 0.968 bits per heavy atom. The molecule has 3 fully saturated rings. The van der Waals surface area contributed by atoms with E-state index in [4.69, 9.17) is 0 Å². The first kappa shape index (κ1) is 20.3. The summed E-state index contributed by atoms with van der Waals surface area (Å²) in [5, 5.41) is 5.81. The van der Waals surface area contributed by atoms with Crippen molar-refractivity contribution in [3.63, 3.8) is 0 Å². The molecule has 0 saturated carbocycles. The standard InChI is InChI=1S/C22H30N6O3/c1-25-20-16(27-13-11-26(12-14-27)15-7-9-23-10-8-15)3-2-4-17(20)28(22(25)31)18-5-6-19(29)24-21(18)30/h2-4,15,18,23H,5-14H2,1H3,(H,24,29,30). The molecule has 2 N–H and O–H groups in total. The lowest BCUT2D eigenvalue weighted by atomic mass is 10.0. The number of aromatic nitrogens is 2. The Morgan fingerprint density at radius 3 is 2.42 bits per heavy atom. The number of piperidine rings is 2. The van der Waals surface area contributed by atoms with Gasteiger partial charge in [0.05, 0.1) is 16.7 Å². The van der Waals surface area contributed by atoms with E-state index in [2.05, 4.69) is 26.5 Å². The Bertz CT molecular complexity index is 1060. The number of carbonyl (C=O) groups is 2. The number of imidazole rings is 1. The van der Waals surface area contributed by atoms with Gasteiger partial charge in [0.1, 0.15) is 6.04 Å². The Labute approximate surface area is 181 Å². The number of piperazine rings is 1. The quantitative estimate of drug-likeness (QED) is 0.681. The second-order valence-corrected chi connectivity index (χ2v) is 8.83. The van der Waals surface area contributed by atoms with Crippen LogP contribution in [0.15, 0.2) is 23.0 Å². The van der Waals surface area contributed by atoms with Crippen LogP contribution in [0, 0.1) is 0 Å². The van der Waals surface area contributed by atoms with Gasteiger partial charge in [-0.25, -0.2) is 4.79 Å². The number of fused-ring (bicyclic) bond motifs is 1. The fourth-order valence-corrected chi connectivity index (χ4v) is 5.40. The molecule has 2 amide bonds. The summed E-state index contributed by atoms with van der Waals surface area (Å²) >= 11 is 0. The van der Waals surface area contributed by atoms with Gasteiger partial charge in [-0.2, -0.15) is 0 Å². The fourth-order valence-electron chi connectivity index (χ4n) is 5.40. The highest BCUT2D eigenvalue weighted by atomic mass is 16.2. The van der Waals surface area contributed by atoms with Gasteiger partial charge in [0, 0.05) is 45.7 Å². The van der Waals surface area contributed by atoms with Crippen molar-refractivity contribution in [1.82, 2.24) is 24.7 Å². The van der Waals surface area contributed by atoms with Crippen molar-refractivity contribution < 1.29 is 9.59 Å². The number of para-hydroxylation sites is 1. The van der Waals surface area contributed by atoms with Crippen LogP contribution in [-0.2, 0) is 16.6 Å². The molecular formula is C22H30N6O3. The molecule has 166 valence electrons. The lowest BCUT2D eigenvalue weighted by molar-refractivity contribution is -0.135. The third-order valence-corrected chi connectivity index (χ3v) is 7.08. The Balaban J connectivity index is 1.44. The number of aryl methyl sites for hydroxylation is 1. The maximum atomic E-state index is 13.1. The average Bonchev–Trinajstić information content (AvgIpc) is 3.05. The molecule has 4 heterocycles. The predicted molar refractivity (Wildman–Crippen MR) is 118 cm³/mol. The van der Waals surface area contributed by atoms with Gasteiger partial charge in [-0.1, -0.05) is 6.07 Å². The first-order valence-corrected chi connectivity index (χ1v) is 11.3. The van der Waals surface area contributed by atoms with Gasteiger partial charge in [-0.15, -0.1) is 0 Å². The highest BCUT2D eigenvalue weighted by Crippen LogP contribution is 2.30. The third kappa shape index (κ3) is 3.55. The number of hydrogen-bond acceptors (Lipinski definition) is 6. The van der Waals surface area contributed by atoms with E-state index in [0.29, 0.717) is 12.5 Å². The van der Waals surface area contributed by atoms with Crippen LogP contribution in [0.4, 0.5) is 5.69 Å². The number of nitrogens with one attached hydrogen (secondary N) is 2. The Kier molecular flexibility index (Phi) is 5.31. The minimum absolute atomic E-state index is 0.217. The molecule has 9 nitrogen and oxygen atoms in total. The summed E-state index contributed by atoms with van der Waals surface area (Å²) in [6, 6.07) is 5.93. The number of carbonyl (C=O) groups excluding carboxylic acids is 2. The van der Waals surface area contributed by atoms with E-state index < -0.39 is 11.9 Å². The van der Waals surface area contributed by atoms with Gasteiger partial charge >= 0.3 is 5.69 Å². The van der Waals surface area contributed by atoms with Crippen molar-refractivity contribution in [1.29, 1.82) is 0 Å². The largest absolute Gasteiger partial charge is 0.367 e. The molecule has 1 unspecified atom stereocenters. The summed E-state index contributed by atoms with van der Waals surface area (Å²) in [7, 11) is 1.77. The number of rotatable bonds is 3. The first-order valence-electron chi connectivity index (χ1n) is 11.3. The molecule has 2 aromatic rings. The molecule has 5 rings (SSSR count). The van der Waals surface area contributed by atoms with E-state index in [1.807, 2.05) is 12.1 Å². The van der Waals surface area contributed by atoms with Gasteiger partial charge in [-0.05, 0) is 44.5 Å². The van der Waals surface area contributed by atoms with Crippen LogP contribution >= 0.6 is 0 Å². The summed E-state index contributed by atoms with van der Waals surface area (Å²) in [6.07, 6.45) is 3.01. The zero-order chi connectivity index (χ0) is 21.5. The maximum Gasteiger partial charge on any atom is 0.329 e. The van der Waals surface area contributed by atoms with Gasteiger partial charge in [0.2, 0.25) is 11.8 Å². The van der Waals surface area contributed by atoms with Gasteiger partial charge in [0.25, 0.3) is 0 Å². The number of anilines is 1. The zero-order valence-electron chi connectivity index (χ0n) is 18.0. The van der Waals surface area contributed by atoms with Crippen LogP contribution in [-0.4, -0.2) is 71.2 Å². The fraction of sp³-hybridized carbons (Fsp3) is 0.591. The van der Waals surface area contributed by atoms with Crippen LogP contribution in [0.2, 0.25) is 0 Å². The zero-order valence-corrected chi connectivity index (χ0v) is 18.0. The second kappa shape index (κ2) is 8.12. The second-order valence-electron chi connectivity index (χ2n) is 8.83. The molecule has 1 atom stereocenters. The minimum Gasteiger partial charge on any atom is -0.367 e. The number of amides is 2. The highest BCUT2D eigenvalue weighted by molar-refractivity contribution is 6.00. The van der Waals surface area contributed by atoms with E-state index >= 15 is 0 Å². The van der Waals surface area contributed by atoms with E-state index in [9.17, 15) is 14.4 Å². The van der Waals surface area contributed by atoms with Crippen molar-refractivity contribution in [3.8, 4) is 0 Å². The monoisotopic (exact) mass is 426 g/mol. The molecule has 0 radical (unpaired) electrons. The molecule has 31 heavy (non-hydrogen) atoms. The van der Waals surface area contributed by atoms with Crippen molar-refractivity contribution in [3.05, 3.63) is 28.7 Å². The molecule has 3 aliphatic heterocycles. The smallest absolute Gasteiger partial charge is 0.329 e. The van der Waals surface area contributed by atoms with E-state index in [1.165, 1.54) is 12.8 Å². The summed E-state index contributed by atoms with van der Waals surface area (Å²) < 4.78 is 3.21. The molecular weight excluding hydrogens is 396 g/mol. The number of hydrogen-bond donors (Lipinski definition) is 2. The number of imide groups is 1. The molecule has 0 spiro atoms. The van der Waals surface area contributed by atoms with Gasteiger partial charge < -0.3 is 10.2 Å². The van der Waals surface area contributed by atoms with Crippen LogP contribution < -0.4 is 21.2 Å². The predicted octanol–water partition coefficient (Wildman–Crippen LogP) is 0.192. The van der Waals surface area contributed by atoms with Crippen molar-refractivity contribution in [2.45, 2.75) is 37.8 Å². The Hall–Kier alpha value is -2.65. The average molecular weight is 427 g/mol. The van der Waals surface area contributed by atoms with Crippen LogP contribution in [0.3, 0.4) is 0 Å². The van der Waals surface area contributed by atoms with Crippen molar-refractivity contribution >= 4 is 28.5 Å². The lowest BCUT2D eigenvalue weighted by Crippen LogP contribution is -2.52. The topological polar surface area (TPSA) is 91.6 Å². The summed E-state index contributed by atoms with van der Waals surface area (Å²) in [4.78, 5) is 42.1.